The van der Waals surface area contributed by atoms with Gasteiger partial charge in [-0.1, -0.05) is 48.5 Å². The monoisotopic (exact) mass is 333 g/mol. The number of benzene rings is 2. The van der Waals surface area contributed by atoms with Crippen molar-refractivity contribution in [2.75, 3.05) is 6.54 Å². The molecule has 3 rings (SSSR count). The lowest BCUT2D eigenvalue weighted by molar-refractivity contribution is 0.183. The summed E-state index contributed by atoms with van der Waals surface area (Å²) in [6.07, 6.45) is -0.902. The third-order valence-corrected chi connectivity index (χ3v) is 6.23. The van der Waals surface area contributed by atoms with E-state index >= 15 is 0 Å². The fraction of sp³-hybridized carbons (Fsp3) is 0.125. The van der Waals surface area contributed by atoms with E-state index in [9.17, 15) is 13.5 Å². The molecule has 114 valence electrons. The first kappa shape index (κ1) is 15.2. The normalized spacial score (nSPS) is 13.3. The molecule has 0 radical (unpaired) electrons. The van der Waals surface area contributed by atoms with Crippen molar-refractivity contribution < 1.29 is 13.5 Å². The average molecular weight is 333 g/mol. The van der Waals surface area contributed by atoms with E-state index in [4.69, 9.17) is 0 Å². The Morgan fingerprint density at radius 2 is 1.82 bits per heavy atom. The maximum atomic E-state index is 12.1. The number of thiophene rings is 1. The van der Waals surface area contributed by atoms with Crippen LogP contribution >= 0.6 is 11.3 Å². The van der Waals surface area contributed by atoms with Gasteiger partial charge in [-0.25, -0.2) is 13.1 Å². The highest BCUT2D eigenvalue weighted by Gasteiger charge is 2.18. The van der Waals surface area contributed by atoms with Crippen LogP contribution in [0.1, 0.15) is 11.7 Å². The zero-order valence-electron chi connectivity index (χ0n) is 11.6. The second-order valence-electron chi connectivity index (χ2n) is 4.87. The van der Waals surface area contributed by atoms with Crippen molar-refractivity contribution in [2.24, 2.45) is 0 Å². The van der Waals surface area contributed by atoms with Crippen molar-refractivity contribution in [1.29, 1.82) is 0 Å². The molecule has 2 aromatic carbocycles. The molecule has 0 saturated heterocycles. The Kier molecular flexibility index (Phi) is 4.26. The van der Waals surface area contributed by atoms with E-state index in [1.807, 2.05) is 42.5 Å². The largest absolute Gasteiger partial charge is 0.387 e. The molecule has 0 spiro atoms. The van der Waals surface area contributed by atoms with E-state index in [-0.39, 0.29) is 10.8 Å². The topological polar surface area (TPSA) is 66.4 Å². The van der Waals surface area contributed by atoms with Crippen LogP contribution in [-0.4, -0.2) is 20.1 Å². The number of nitrogens with one attached hydrogen (secondary N) is 1. The van der Waals surface area contributed by atoms with E-state index in [1.54, 1.807) is 11.4 Å². The summed E-state index contributed by atoms with van der Waals surface area (Å²) in [7, 11) is -3.56. The summed E-state index contributed by atoms with van der Waals surface area (Å²) in [6, 6.07) is 16.6. The molecule has 0 bridgehead atoms. The maximum absolute atomic E-state index is 12.1. The zero-order chi connectivity index (χ0) is 15.6. The summed E-state index contributed by atoms with van der Waals surface area (Å²) in [5, 5.41) is 14.0. The molecule has 1 aromatic heterocycles. The van der Waals surface area contributed by atoms with Crippen LogP contribution in [-0.2, 0) is 10.0 Å². The minimum atomic E-state index is -3.56. The molecular formula is C16H15NO3S2. The first-order chi connectivity index (χ1) is 10.6. The van der Waals surface area contributed by atoms with Gasteiger partial charge in [0, 0.05) is 6.54 Å². The minimum Gasteiger partial charge on any atom is -0.387 e. The summed E-state index contributed by atoms with van der Waals surface area (Å²) >= 11 is 1.15. The number of aliphatic hydroxyl groups is 1. The predicted octanol–water partition coefficient (Wildman–Crippen LogP) is 2.91. The number of rotatable bonds is 5. The Morgan fingerprint density at radius 3 is 2.59 bits per heavy atom. The molecule has 3 aromatic rings. The minimum absolute atomic E-state index is 0.0613. The molecular weight excluding hydrogens is 318 g/mol. The van der Waals surface area contributed by atoms with Gasteiger partial charge in [-0.3, -0.25) is 0 Å². The molecule has 0 saturated carbocycles. The van der Waals surface area contributed by atoms with Gasteiger partial charge in [0.1, 0.15) is 4.21 Å². The first-order valence-corrected chi connectivity index (χ1v) is 9.13. The predicted molar refractivity (Wildman–Crippen MR) is 88.4 cm³/mol. The summed E-state index contributed by atoms with van der Waals surface area (Å²) in [5.41, 5.74) is 0.715. The molecule has 0 amide bonds. The van der Waals surface area contributed by atoms with Crippen molar-refractivity contribution in [3.8, 4) is 0 Å². The molecule has 1 unspecified atom stereocenters. The van der Waals surface area contributed by atoms with Gasteiger partial charge in [0.25, 0.3) is 0 Å². The Morgan fingerprint density at radius 1 is 1.05 bits per heavy atom. The fourth-order valence-electron chi connectivity index (χ4n) is 2.33. The second-order valence-corrected chi connectivity index (χ2v) is 7.81. The van der Waals surface area contributed by atoms with Gasteiger partial charge in [-0.15, -0.1) is 11.3 Å². The summed E-state index contributed by atoms with van der Waals surface area (Å²) < 4.78 is 26.9. The van der Waals surface area contributed by atoms with E-state index in [0.717, 1.165) is 22.1 Å². The quantitative estimate of drug-likeness (QED) is 0.754. The Labute approximate surface area is 133 Å². The highest BCUT2D eigenvalue weighted by molar-refractivity contribution is 7.91. The fourth-order valence-corrected chi connectivity index (χ4v) is 4.40. The summed E-state index contributed by atoms with van der Waals surface area (Å²) in [4.78, 5) is 0. The molecule has 0 aliphatic rings. The summed E-state index contributed by atoms with van der Waals surface area (Å²) in [6.45, 7) is -0.0613. The van der Waals surface area contributed by atoms with Gasteiger partial charge in [-0.05, 0) is 27.8 Å². The molecule has 1 heterocycles. The number of fused-ring (bicyclic) bond motifs is 1. The molecule has 2 N–H and O–H groups in total. The smallest absolute Gasteiger partial charge is 0.250 e. The van der Waals surface area contributed by atoms with Crippen molar-refractivity contribution in [2.45, 2.75) is 10.3 Å². The van der Waals surface area contributed by atoms with Crippen LogP contribution < -0.4 is 4.72 Å². The van der Waals surface area contributed by atoms with Crippen LogP contribution in [0.3, 0.4) is 0 Å². The lowest BCUT2D eigenvalue weighted by Crippen LogP contribution is -2.28. The van der Waals surface area contributed by atoms with Crippen LogP contribution in [0, 0.1) is 0 Å². The second kappa shape index (κ2) is 6.18. The van der Waals surface area contributed by atoms with Gasteiger partial charge in [0.15, 0.2) is 0 Å². The van der Waals surface area contributed by atoms with Crippen molar-refractivity contribution in [1.82, 2.24) is 4.72 Å². The first-order valence-electron chi connectivity index (χ1n) is 6.77. The molecule has 4 nitrogen and oxygen atoms in total. The molecule has 1 atom stereocenters. The standard InChI is InChI=1S/C16H15NO3S2/c18-15(11-17-22(19,20)16-9-4-10-21-16)14-8-3-6-12-5-1-2-7-13(12)14/h1-10,15,17-18H,11H2. The van der Waals surface area contributed by atoms with Crippen LogP contribution in [0.5, 0.6) is 0 Å². The Balaban J connectivity index is 1.81. The third-order valence-electron chi connectivity index (χ3n) is 3.41. The number of sulfonamides is 1. The molecule has 6 heteroatoms. The van der Waals surface area contributed by atoms with Gasteiger partial charge in [-0.2, -0.15) is 0 Å². The highest BCUT2D eigenvalue weighted by Crippen LogP contribution is 2.24. The van der Waals surface area contributed by atoms with Crippen LogP contribution in [0.2, 0.25) is 0 Å². The average Bonchev–Trinajstić information content (AvgIpc) is 3.07. The lowest BCUT2D eigenvalue weighted by atomic mass is 10.0. The maximum Gasteiger partial charge on any atom is 0.250 e. The van der Waals surface area contributed by atoms with E-state index in [0.29, 0.717) is 5.56 Å². The molecule has 0 fully saturated rings. The molecule has 0 aliphatic heterocycles. The third kappa shape index (κ3) is 3.05. The van der Waals surface area contributed by atoms with Crippen LogP contribution in [0.25, 0.3) is 10.8 Å². The van der Waals surface area contributed by atoms with Crippen molar-refractivity contribution in [3.05, 3.63) is 65.5 Å². The molecule has 0 aliphatic carbocycles. The van der Waals surface area contributed by atoms with Gasteiger partial charge < -0.3 is 5.11 Å². The van der Waals surface area contributed by atoms with Gasteiger partial charge >= 0.3 is 0 Å². The van der Waals surface area contributed by atoms with Gasteiger partial charge in [0.2, 0.25) is 10.0 Å². The Hall–Kier alpha value is -1.73. The summed E-state index contributed by atoms with van der Waals surface area (Å²) in [5.74, 6) is 0. The van der Waals surface area contributed by atoms with Crippen molar-refractivity contribution in [3.63, 3.8) is 0 Å². The number of hydrogen-bond acceptors (Lipinski definition) is 4. The number of aliphatic hydroxyl groups excluding tert-OH is 1. The van der Waals surface area contributed by atoms with E-state index in [1.165, 1.54) is 6.07 Å². The number of hydrogen-bond donors (Lipinski definition) is 2. The lowest BCUT2D eigenvalue weighted by Gasteiger charge is -2.14. The Bertz CT molecular complexity index is 868. The van der Waals surface area contributed by atoms with Crippen LogP contribution in [0.4, 0.5) is 0 Å². The zero-order valence-corrected chi connectivity index (χ0v) is 13.3. The highest BCUT2D eigenvalue weighted by atomic mass is 32.2. The van der Waals surface area contributed by atoms with Gasteiger partial charge in [0.05, 0.1) is 6.10 Å². The van der Waals surface area contributed by atoms with Crippen LogP contribution in [0.15, 0.2) is 64.2 Å². The SMILES string of the molecule is O=S(=O)(NCC(O)c1cccc2ccccc12)c1cccs1. The van der Waals surface area contributed by atoms with E-state index < -0.39 is 16.1 Å². The van der Waals surface area contributed by atoms with E-state index in [2.05, 4.69) is 4.72 Å². The molecule has 22 heavy (non-hydrogen) atoms. The van der Waals surface area contributed by atoms with Crippen molar-refractivity contribution >= 4 is 32.1 Å².